The zero-order valence-corrected chi connectivity index (χ0v) is 11.7. The Morgan fingerprint density at radius 2 is 1.95 bits per heavy atom. The molecule has 2 aromatic rings. The molecule has 1 aromatic heterocycles. The number of aromatic nitrogens is 1. The average molecular weight is 256 g/mol. The maximum absolute atomic E-state index is 10.4. The van der Waals surface area contributed by atoms with Crippen LogP contribution in [0.3, 0.4) is 0 Å². The summed E-state index contributed by atoms with van der Waals surface area (Å²) < 4.78 is 0. The van der Waals surface area contributed by atoms with Crippen molar-refractivity contribution < 1.29 is 5.11 Å². The van der Waals surface area contributed by atoms with Gasteiger partial charge in [0.2, 0.25) is 0 Å². The van der Waals surface area contributed by atoms with Gasteiger partial charge in [0.1, 0.15) is 11.9 Å². The van der Waals surface area contributed by atoms with Crippen LogP contribution in [0.4, 0.5) is 5.82 Å². The van der Waals surface area contributed by atoms with E-state index in [1.54, 1.807) is 6.20 Å². The molecule has 0 fully saturated rings. The van der Waals surface area contributed by atoms with Crippen molar-refractivity contribution in [2.45, 2.75) is 20.0 Å². The van der Waals surface area contributed by atoms with Gasteiger partial charge in [-0.3, -0.25) is 0 Å². The summed E-state index contributed by atoms with van der Waals surface area (Å²) in [5.41, 5.74) is 2.81. The second-order valence-electron chi connectivity index (χ2n) is 4.73. The van der Waals surface area contributed by atoms with Crippen molar-refractivity contribution in [1.29, 1.82) is 0 Å². The first-order valence-corrected chi connectivity index (χ1v) is 6.54. The molecular weight excluding hydrogens is 236 g/mol. The van der Waals surface area contributed by atoms with Crippen LogP contribution in [0.2, 0.25) is 0 Å². The fraction of sp³-hybridized carbons (Fsp3) is 0.312. The van der Waals surface area contributed by atoms with Gasteiger partial charge in [-0.2, -0.15) is 0 Å². The summed E-state index contributed by atoms with van der Waals surface area (Å²) in [5, 5.41) is 10.4. The van der Waals surface area contributed by atoms with Crippen LogP contribution in [0, 0.1) is 6.92 Å². The van der Waals surface area contributed by atoms with Crippen molar-refractivity contribution in [2.24, 2.45) is 0 Å². The topological polar surface area (TPSA) is 36.4 Å². The average Bonchev–Trinajstić information content (AvgIpc) is 2.46. The Labute approximate surface area is 114 Å². The molecule has 1 atom stereocenters. The molecule has 3 nitrogen and oxygen atoms in total. The summed E-state index contributed by atoms with van der Waals surface area (Å²) in [6, 6.07) is 11.7. The van der Waals surface area contributed by atoms with Crippen molar-refractivity contribution in [2.75, 3.05) is 18.5 Å². The summed E-state index contributed by atoms with van der Waals surface area (Å²) in [5.74, 6) is 0.934. The Morgan fingerprint density at radius 3 is 2.53 bits per heavy atom. The van der Waals surface area contributed by atoms with Gasteiger partial charge in [0.15, 0.2) is 0 Å². The first-order valence-electron chi connectivity index (χ1n) is 6.54. The number of rotatable bonds is 4. The van der Waals surface area contributed by atoms with Gasteiger partial charge < -0.3 is 10.0 Å². The van der Waals surface area contributed by atoms with Gasteiger partial charge >= 0.3 is 0 Å². The number of nitrogens with zero attached hydrogens (tertiary/aromatic N) is 2. The predicted molar refractivity (Wildman–Crippen MR) is 78.4 cm³/mol. The maximum Gasteiger partial charge on any atom is 0.128 e. The number of aryl methyl sites for hydroxylation is 1. The third-order valence-electron chi connectivity index (χ3n) is 3.41. The highest BCUT2D eigenvalue weighted by Crippen LogP contribution is 2.25. The molecule has 19 heavy (non-hydrogen) atoms. The molecule has 3 heteroatoms. The molecule has 1 heterocycles. The molecule has 0 spiro atoms. The van der Waals surface area contributed by atoms with Crippen molar-refractivity contribution in [1.82, 2.24) is 4.98 Å². The van der Waals surface area contributed by atoms with Crippen LogP contribution >= 0.6 is 0 Å². The van der Waals surface area contributed by atoms with Gasteiger partial charge in [0.05, 0.1) is 0 Å². The molecule has 0 aliphatic heterocycles. The van der Waals surface area contributed by atoms with E-state index >= 15 is 0 Å². The lowest BCUT2D eigenvalue weighted by atomic mass is 9.99. The van der Waals surface area contributed by atoms with Crippen LogP contribution in [-0.2, 0) is 0 Å². The summed E-state index contributed by atoms with van der Waals surface area (Å²) in [7, 11) is 2.01. The molecule has 0 aliphatic rings. The van der Waals surface area contributed by atoms with E-state index in [0.717, 1.165) is 29.1 Å². The van der Waals surface area contributed by atoms with Gasteiger partial charge in [0.25, 0.3) is 0 Å². The summed E-state index contributed by atoms with van der Waals surface area (Å²) in [4.78, 5) is 6.50. The normalized spacial score (nSPS) is 12.2. The van der Waals surface area contributed by atoms with E-state index in [9.17, 15) is 5.11 Å². The highest BCUT2D eigenvalue weighted by molar-refractivity contribution is 5.44. The highest BCUT2D eigenvalue weighted by Gasteiger charge is 2.14. The van der Waals surface area contributed by atoms with E-state index in [1.807, 2.05) is 50.4 Å². The molecule has 0 amide bonds. The predicted octanol–water partition coefficient (Wildman–Crippen LogP) is 2.93. The summed E-state index contributed by atoms with van der Waals surface area (Å²) in [6.45, 7) is 5.01. The zero-order valence-electron chi connectivity index (χ0n) is 11.7. The largest absolute Gasteiger partial charge is 0.384 e. The molecule has 0 radical (unpaired) electrons. The lowest BCUT2D eigenvalue weighted by Crippen LogP contribution is -2.17. The van der Waals surface area contributed by atoms with Gasteiger partial charge in [-0.15, -0.1) is 0 Å². The summed E-state index contributed by atoms with van der Waals surface area (Å²) in [6.07, 6.45) is 1.16. The molecule has 0 bridgehead atoms. The van der Waals surface area contributed by atoms with Crippen LogP contribution in [-0.4, -0.2) is 23.7 Å². The van der Waals surface area contributed by atoms with Crippen LogP contribution in [0.15, 0.2) is 42.6 Å². The number of aliphatic hydroxyl groups excluding tert-OH is 1. The number of hydrogen-bond acceptors (Lipinski definition) is 3. The maximum atomic E-state index is 10.4. The first kappa shape index (κ1) is 13.6. The quantitative estimate of drug-likeness (QED) is 0.913. The Kier molecular flexibility index (Phi) is 4.17. The minimum Gasteiger partial charge on any atom is -0.384 e. The van der Waals surface area contributed by atoms with Crippen molar-refractivity contribution >= 4 is 5.82 Å². The van der Waals surface area contributed by atoms with E-state index in [0.29, 0.717) is 0 Å². The molecule has 2 rings (SSSR count). The monoisotopic (exact) mass is 256 g/mol. The number of hydrogen-bond donors (Lipinski definition) is 1. The molecule has 0 saturated heterocycles. The smallest absolute Gasteiger partial charge is 0.128 e. The molecule has 0 saturated carbocycles. The summed E-state index contributed by atoms with van der Waals surface area (Å²) >= 11 is 0. The third kappa shape index (κ3) is 2.93. The van der Waals surface area contributed by atoms with Crippen molar-refractivity contribution in [3.63, 3.8) is 0 Å². The van der Waals surface area contributed by atoms with Crippen LogP contribution in [0.25, 0.3) is 0 Å². The van der Waals surface area contributed by atoms with Gasteiger partial charge in [-0.05, 0) is 31.0 Å². The van der Waals surface area contributed by atoms with Crippen LogP contribution in [0.5, 0.6) is 0 Å². The molecule has 1 unspecified atom stereocenters. The minimum atomic E-state index is -0.616. The fourth-order valence-corrected chi connectivity index (χ4v) is 2.02. The van der Waals surface area contributed by atoms with Crippen molar-refractivity contribution in [3.05, 3.63) is 59.3 Å². The fourth-order valence-electron chi connectivity index (χ4n) is 2.02. The lowest BCUT2D eigenvalue weighted by Gasteiger charge is -2.19. The third-order valence-corrected chi connectivity index (χ3v) is 3.41. The number of aliphatic hydroxyl groups is 1. The van der Waals surface area contributed by atoms with E-state index < -0.39 is 6.10 Å². The number of anilines is 1. The van der Waals surface area contributed by atoms with Gasteiger partial charge in [-0.1, -0.05) is 30.3 Å². The molecule has 1 aromatic carbocycles. The standard InChI is InChI=1S/C16H20N2O/c1-4-18(3)15-10-12(2)14(11-17-15)16(19)13-8-6-5-7-9-13/h5-11,16,19H,4H2,1-3H3. The van der Waals surface area contributed by atoms with Gasteiger partial charge in [0, 0.05) is 25.4 Å². The van der Waals surface area contributed by atoms with Crippen LogP contribution in [0.1, 0.15) is 29.7 Å². The molecular formula is C16H20N2O. The molecule has 100 valence electrons. The Bertz CT molecular complexity index is 540. The number of benzene rings is 1. The zero-order chi connectivity index (χ0) is 13.8. The van der Waals surface area contributed by atoms with E-state index in [2.05, 4.69) is 16.8 Å². The van der Waals surface area contributed by atoms with Gasteiger partial charge in [-0.25, -0.2) is 4.98 Å². The minimum absolute atomic E-state index is 0.616. The van der Waals surface area contributed by atoms with Crippen LogP contribution < -0.4 is 4.90 Å². The SMILES string of the molecule is CCN(C)c1cc(C)c(C(O)c2ccccc2)cn1. The number of pyridine rings is 1. The highest BCUT2D eigenvalue weighted by atomic mass is 16.3. The first-order chi connectivity index (χ1) is 9.13. The van der Waals surface area contributed by atoms with E-state index in [4.69, 9.17) is 0 Å². The Hall–Kier alpha value is -1.87. The second-order valence-corrected chi connectivity index (χ2v) is 4.73. The van der Waals surface area contributed by atoms with E-state index in [-0.39, 0.29) is 0 Å². The Morgan fingerprint density at radius 1 is 1.26 bits per heavy atom. The van der Waals surface area contributed by atoms with E-state index in [1.165, 1.54) is 0 Å². The van der Waals surface area contributed by atoms with Crippen molar-refractivity contribution in [3.8, 4) is 0 Å². The Balaban J connectivity index is 2.31. The molecule has 1 N–H and O–H groups in total. The molecule has 0 aliphatic carbocycles. The second kappa shape index (κ2) is 5.85. The lowest BCUT2D eigenvalue weighted by molar-refractivity contribution is 0.219.